The van der Waals surface area contributed by atoms with Crippen LogP contribution < -0.4 is 10.6 Å². The van der Waals surface area contributed by atoms with Crippen molar-refractivity contribution in [2.24, 2.45) is 5.41 Å². The second kappa shape index (κ2) is 6.40. The van der Waals surface area contributed by atoms with Crippen LogP contribution >= 0.6 is 0 Å². The highest BCUT2D eigenvalue weighted by Gasteiger charge is 2.39. The summed E-state index contributed by atoms with van der Waals surface area (Å²) < 4.78 is 0. The molecule has 0 radical (unpaired) electrons. The molecule has 1 aromatic rings. The standard InChI is InChI=1S/C17H26N2O/c1-4-17(9-10-18-12-17)16(20)19-11-14-5-7-15(8-6-14)13(2)3/h5-8,13,18H,4,9-12H2,1-3H3,(H,19,20). The molecule has 1 aliphatic rings. The first-order chi connectivity index (χ1) is 9.57. The Labute approximate surface area is 122 Å². The van der Waals surface area contributed by atoms with Gasteiger partial charge in [0.1, 0.15) is 0 Å². The topological polar surface area (TPSA) is 41.1 Å². The number of hydrogen-bond donors (Lipinski definition) is 2. The molecule has 0 aromatic heterocycles. The number of carbonyl (C=O) groups is 1. The van der Waals surface area contributed by atoms with Crippen molar-refractivity contribution in [1.29, 1.82) is 0 Å². The number of rotatable bonds is 5. The van der Waals surface area contributed by atoms with E-state index < -0.39 is 0 Å². The van der Waals surface area contributed by atoms with E-state index >= 15 is 0 Å². The summed E-state index contributed by atoms with van der Waals surface area (Å²) in [5.41, 5.74) is 2.31. The van der Waals surface area contributed by atoms with Gasteiger partial charge in [-0.1, -0.05) is 45.0 Å². The second-order valence-electron chi connectivity index (χ2n) is 6.14. The maximum Gasteiger partial charge on any atom is 0.227 e. The summed E-state index contributed by atoms with van der Waals surface area (Å²) in [6.07, 6.45) is 1.85. The van der Waals surface area contributed by atoms with Crippen molar-refractivity contribution in [1.82, 2.24) is 10.6 Å². The minimum Gasteiger partial charge on any atom is -0.352 e. The van der Waals surface area contributed by atoms with Crippen molar-refractivity contribution in [3.8, 4) is 0 Å². The molecule has 0 aliphatic carbocycles. The Balaban J connectivity index is 1.93. The largest absolute Gasteiger partial charge is 0.352 e. The molecule has 0 spiro atoms. The molecule has 1 saturated heterocycles. The lowest BCUT2D eigenvalue weighted by Gasteiger charge is -2.25. The molecular weight excluding hydrogens is 248 g/mol. The highest BCUT2D eigenvalue weighted by Crippen LogP contribution is 2.29. The van der Waals surface area contributed by atoms with Gasteiger partial charge in [-0.25, -0.2) is 0 Å². The van der Waals surface area contributed by atoms with E-state index in [1.807, 2.05) is 0 Å². The van der Waals surface area contributed by atoms with Gasteiger partial charge in [0.25, 0.3) is 0 Å². The van der Waals surface area contributed by atoms with E-state index in [1.54, 1.807) is 0 Å². The third-order valence-corrected chi connectivity index (χ3v) is 4.50. The third kappa shape index (κ3) is 3.21. The fourth-order valence-electron chi connectivity index (χ4n) is 2.79. The van der Waals surface area contributed by atoms with Gasteiger partial charge in [0, 0.05) is 13.1 Å². The zero-order valence-electron chi connectivity index (χ0n) is 12.8. The van der Waals surface area contributed by atoms with E-state index in [-0.39, 0.29) is 11.3 Å². The molecule has 20 heavy (non-hydrogen) atoms. The van der Waals surface area contributed by atoms with Crippen molar-refractivity contribution < 1.29 is 4.79 Å². The first-order valence-corrected chi connectivity index (χ1v) is 7.65. The predicted molar refractivity (Wildman–Crippen MR) is 82.6 cm³/mol. The summed E-state index contributed by atoms with van der Waals surface area (Å²) >= 11 is 0. The highest BCUT2D eigenvalue weighted by molar-refractivity contribution is 5.83. The van der Waals surface area contributed by atoms with Crippen molar-refractivity contribution in [2.45, 2.75) is 46.1 Å². The minimum absolute atomic E-state index is 0.193. The van der Waals surface area contributed by atoms with Gasteiger partial charge < -0.3 is 10.6 Å². The fraction of sp³-hybridized carbons (Fsp3) is 0.588. The minimum atomic E-state index is -0.197. The Morgan fingerprint density at radius 2 is 2.05 bits per heavy atom. The number of benzene rings is 1. The Hall–Kier alpha value is -1.35. The Bertz CT molecular complexity index is 445. The smallest absolute Gasteiger partial charge is 0.227 e. The third-order valence-electron chi connectivity index (χ3n) is 4.50. The summed E-state index contributed by atoms with van der Waals surface area (Å²) in [5.74, 6) is 0.740. The van der Waals surface area contributed by atoms with Gasteiger partial charge in [-0.3, -0.25) is 4.79 Å². The van der Waals surface area contributed by atoms with Gasteiger partial charge in [-0.05, 0) is 36.4 Å². The van der Waals surface area contributed by atoms with Crippen LogP contribution in [0.4, 0.5) is 0 Å². The van der Waals surface area contributed by atoms with Crippen molar-refractivity contribution in [3.05, 3.63) is 35.4 Å². The highest BCUT2D eigenvalue weighted by atomic mass is 16.2. The van der Waals surface area contributed by atoms with Crippen LogP contribution in [-0.2, 0) is 11.3 Å². The molecule has 2 rings (SSSR count). The molecular formula is C17H26N2O. The zero-order valence-corrected chi connectivity index (χ0v) is 12.8. The maximum absolute atomic E-state index is 12.4. The zero-order chi connectivity index (χ0) is 14.6. The van der Waals surface area contributed by atoms with E-state index in [1.165, 1.54) is 11.1 Å². The summed E-state index contributed by atoms with van der Waals surface area (Å²) in [6.45, 7) is 8.86. The Kier molecular flexibility index (Phi) is 4.81. The van der Waals surface area contributed by atoms with Crippen molar-refractivity contribution in [3.63, 3.8) is 0 Å². The molecule has 110 valence electrons. The first kappa shape index (κ1) is 15.0. The van der Waals surface area contributed by atoms with Crippen LogP contribution in [0.5, 0.6) is 0 Å². The van der Waals surface area contributed by atoms with Gasteiger partial charge in [-0.2, -0.15) is 0 Å². The number of nitrogens with one attached hydrogen (secondary N) is 2. The van der Waals surface area contributed by atoms with Gasteiger partial charge >= 0.3 is 0 Å². The molecule has 0 bridgehead atoms. The molecule has 3 nitrogen and oxygen atoms in total. The summed E-state index contributed by atoms with van der Waals surface area (Å²) in [5, 5.41) is 6.40. The molecule has 1 atom stereocenters. The van der Waals surface area contributed by atoms with Crippen LogP contribution in [0.3, 0.4) is 0 Å². The van der Waals surface area contributed by atoms with Crippen LogP contribution in [-0.4, -0.2) is 19.0 Å². The maximum atomic E-state index is 12.4. The molecule has 0 saturated carbocycles. The lowest BCUT2D eigenvalue weighted by atomic mass is 9.83. The van der Waals surface area contributed by atoms with Crippen molar-refractivity contribution >= 4 is 5.91 Å². The normalized spacial score (nSPS) is 22.2. The average molecular weight is 274 g/mol. The van der Waals surface area contributed by atoms with Crippen LogP contribution in [0.15, 0.2) is 24.3 Å². The summed E-state index contributed by atoms with van der Waals surface area (Å²) in [7, 11) is 0. The fourth-order valence-corrected chi connectivity index (χ4v) is 2.79. The first-order valence-electron chi connectivity index (χ1n) is 7.65. The van der Waals surface area contributed by atoms with E-state index in [4.69, 9.17) is 0 Å². The number of carbonyl (C=O) groups excluding carboxylic acids is 1. The molecule has 1 heterocycles. The number of hydrogen-bond acceptors (Lipinski definition) is 2. The van der Waals surface area contributed by atoms with Gasteiger partial charge in [0.05, 0.1) is 5.41 Å². The van der Waals surface area contributed by atoms with Gasteiger partial charge in [0.2, 0.25) is 5.91 Å². The molecule has 1 amide bonds. The molecule has 1 aliphatic heterocycles. The molecule has 1 aromatic carbocycles. The predicted octanol–water partition coefficient (Wildman–Crippen LogP) is 2.82. The van der Waals surface area contributed by atoms with E-state index in [0.29, 0.717) is 12.5 Å². The van der Waals surface area contributed by atoms with E-state index in [2.05, 4.69) is 55.7 Å². The quantitative estimate of drug-likeness (QED) is 0.867. The van der Waals surface area contributed by atoms with Crippen molar-refractivity contribution in [2.75, 3.05) is 13.1 Å². The Morgan fingerprint density at radius 3 is 2.55 bits per heavy atom. The molecule has 1 fully saturated rings. The summed E-state index contributed by atoms with van der Waals surface area (Å²) in [6, 6.07) is 8.53. The van der Waals surface area contributed by atoms with Crippen LogP contribution in [0.25, 0.3) is 0 Å². The SMILES string of the molecule is CCC1(C(=O)NCc2ccc(C(C)C)cc2)CCNC1. The van der Waals surface area contributed by atoms with Gasteiger partial charge in [0.15, 0.2) is 0 Å². The van der Waals surface area contributed by atoms with Crippen LogP contribution in [0.2, 0.25) is 0 Å². The number of amides is 1. The molecule has 1 unspecified atom stereocenters. The summed E-state index contributed by atoms with van der Waals surface area (Å²) in [4.78, 5) is 12.4. The monoisotopic (exact) mass is 274 g/mol. The lowest BCUT2D eigenvalue weighted by Crippen LogP contribution is -2.41. The van der Waals surface area contributed by atoms with E-state index in [0.717, 1.165) is 25.9 Å². The average Bonchev–Trinajstić information content (AvgIpc) is 2.95. The Morgan fingerprint density at radius 1 is 1.35 bits per heavy atom. The molecule has 2 N–H and O–H groups in total. The molecule has 3 heteroatoms. The lowest BCUT2D eigenvalue weighted by molar-refractivity contribution is -0.130. The van der Waals surface area contributed by atoms with Gasteiger partial charge in [-0.15, -0.1) is 0 Å². The van der Waals surface area contributed by atoms with E-state index in [9.17, 15) is 4.79 Å². The van der Waals surface area contributed by atoms with Crippen LogP contribution in [0.1, 0.15) is 50.7 Å². The van der Waals surface area contributed by atoms with Crippen LogP contribution in [0, 0.1) is 5.41 Å². The second-order valence-corrected chi connectivity index (χ2v) is 6.14.